The molecule has 17 heavy (non-hydrogen) atoms. The Labute approximate surface area is 110 Å². The van der Waals surface area contributed by atoms with Crippen molar-refractivity contribution in [1.29, 1.82) is 0 Å². The molecule has 1 saturated heterocycles. The molecule has 2 atom stereocenters. The van der Waals surface area contributed by atoms with Crippen molar-refractivity contribution in [1.82, 2.24) is 5.32 Å². The highest BCUT2D eigenvalue weighted by Crippen LogP contribution is 2.44. The summed E-state index contributed by atoms with van der Waals surface area (Å²) < 4.78 is 10.7. The van der Waals surface area contributed by atoms with Gasteiger partial charge in [-0.1, -0.05) is 18.5 Å². The molecule has 2 aliphatic rings. The molecular formula is C12H14ClNO2S. The topological polar surface area (TPSA) is 30.5 Å². The first kappa shape index (κ1) is 11.5. The fourth-order valence-corrected chi connectivity index (χ4v) is 3.60. The zero-order chi connectivity index (χ0) is 11.8. The lowest BCUT2D eigenvalue weighted by Gasteiger charge is -2.28. The third-order valence-corrected chi connectivity index (χ3v) is 4.69. The van der Waals surface area contributed by atoms with E-state index in [0.717, 1.165) is 17.9 Å². The van der Waals surface area contributed by atoms with Crippen molar-refractivity contribution in [2.45, 2.75) is 24.0 Å². The van der Waals surface area contributed by atoms with E-state index in [1.54, 1.807) is 0 Å². The smallest absolute Gasteiger partial charge is 0.231 e. The molecule has 1 aromatic rings. The number of hydrogen-bond donors (Lipinski definition) is 1. The van der Waals surface area contributed by atoms with E-state index in [-0.39, 0.29) is 6.79 Å². The van der Waals surface area contributed by atoms with Crippen molar-refractivity contribution in [3.8, 4) is 11.5 Å². The lowest BCUT2D eigenvalue weighted by atomic mass is 10.2. The number of thioether (sulfide) groups is 1. The average molecular weight is 272 g/mol. The highest BCUT2D eigenvalue weighted by Gasteiger charge is 2.24. The van der Waals surface area contributed by atoms with Gasteiger partial charge in [-0.15, -0.1) is 11.8 Å². The standard InChI is InChI=1S/C12H14ClNO2S/c1-7-2-3-14-12(17-7)8-4-9(13)11-10(5-8)15-6-16-11/h4-5,7,12,14H,2-3,6H2,1H3. The van der Waals surface area contributed by atoms with Crippen LogP contribution in [0.5, 0.6) is 11.5 Å². The maximum atomic E-state index is 6.19. The van der Waals surface area contributed by atoms with Crippen LogP contribution in [0.2, 0.25) is 5.02 Å². The van der Waals surface area contributed by atoms with E-state index < -0.39 is 0 Å². The van der Waals surface area contributed by atoms with Gasteiger partial charge < -0.3 is 14.8 Å². The first-order chi connectivity index (χ1) is 8.24. The van der Waals surface area contributed by atoms with Gasteiger partial charge in [-0.05, 0) is 30.7 Å². The van der Waals surface area contributed by atoms with Crippen molar-refractivity contribution in [2.75, 3.05) is 13.3 Å². The van der Waals surface area contributed by atoms with Crippen LogP contribution in [-0.2, 0) is 0 Å². The summed E-state index contributed by atoms with van der Waals surface area (Å²) in [6.45, 7) is 3.57. The Morgan fingerprint density at radius 3 is 3.12 bits per heavy atom. The van der Waals surface area contributed by atoms with Gasteiger partial charge in [0.05, 0.1) is 10.4 Å². The average Bonchev–Trinajstić information content (AvgIpc) is 2.77. The van der Waals surface area contributed by atoms with Crippen LogP contribution in [0.15, 0.2) is 12.1 Å². The summed E-state index contributed by atoms with van der Waals surface area (Å²) >= 11 is 8.12. The van der Waals surface area contributed by atoms with Crippen molar-refractivity contribution in [3.05, 3.63) is 22.7 Å². The number of benzene rings is 1. The normalized spacial score (nSPS) is 27.2. The highest BCUT2D eigenvalue weighted by molar-refractivity contribution is 8.00. The number of halogens is 1. The Balaban J connectivity index is 1.90. The van der Waals surface area contributed by atoms with Crippen molar-refractivity contribution < 1.29 is 9.47 Å². The molecule has 0 aliphatic carbocycles. The maximum Gasteiger partial charge on any atom is 0.231 e. The van der Waals surface area contributed by atoms with Crippen LogP contribution in [0.1, 0.15) is 24.3 Å². The third kappa shape index (κ3) is 2.21. The molecule has 1 N–H and O–H groups in total. The second-order valence-electron chi connectivity index (χ2n) is 4.31. The van der Waals surface area contributed by atoms with Crippen LogP contribution in [0.25, 0.3) is 0 Å². The van der Waals surface area contributed by atoms with Gasteiger partial charge in [0.15, 0.2) is 11.5 Å². The Kier molecular flexibility index (Phi) is 3.11. The quantitative estimate of drug-likeness (QED) is 0.850. The number of rotatable bonds is 1. The van der Waals surface area contributed by atoms with Crippen molar-refractivity contribution in [2.24, 2.45) is 0 Å². The molecule has 0 bridgehead atoms. The van der Waals surface area contributed by atoms with Gasteiger partial charge in [-0.2, -0.15) is 0 Å². The van der Waals surface area contributed by atoms with Crippen molar-refractivity contribution >= 4 is 23.4 Å². The molecule has 0 spiro atoms. The molecule has 0 amide bonds. The van der Waals surface area contributed by atoms with Crippen molar-refractivity contribution in [3.63, 3.8) is 0 Å². The molecule has 3 rings (SSSR count). The highest BCUT2D eigenvalue weighted by atomic mass is 35.5. The molecule has 2 heterocycles. The van der Waals surface area contributed by atoms with Gasteiger partial charge in [0, 0.05) is 5.25 Å². The second-order valence-corrected chi connectivity index (χ2v) is 6.26. The fourth-order valence-electron chi connectivity index (χ4n) is 2.10. The Morgan fingerprint density at radius 2 is 2.29 bits per heavy atom. The van der Waals surface area contributed by atoms with Crippen LogP contribution in [-0.4, -0.2) is 18.6 Å². The van der Waals surface area contributed by atoms with E-state index in [4.69, 9.17) is 21.1 Å². The van der Waals surface area contributed by atoms with Crippen LogP contribution in [0.4, 0.5) is 0 Å². The number of hydrogen-bond acceptors (Lipinski definition) is 4. The Bertz CT molecular complexity index is 441. The second kappa shape index (κ2) is 4.59. The molecule has 2 aliphatic heterocycles. The minimum atomic E-state index is 0.264. The molecule has 0 aromatic heterocycles. The fraction of sp³-hybridized carbons (Fsp3) is 0.500. The summed E-state index contributed by atoms with van der Waals surface area (Å²) in [6.07, 6.45) is 1.21. The summed E-state index contributed by atoms with van der Waals surface area (Å²) in [5.74, 6) is 1.43. The van der Waals surface area contributed by atoms with E-state index in [1.165, 1.54) is 6.42 Å². The molecule has 3 nitrogen and oxygen atoms in total. The van der Waals surface area contributed by atoms with Gasteiger partial charge in [0.1, 0.15) is 0 Å². The van der Waals surface area contributed by atoms with Gasteiger partial charge in [0.2, 0.25) is 6.79 Å². The monoisotopic (exact) mass is 271 g/mol. The summed E-state index contributed by atoms with van der Waals surface area (Å²) in [6, 6.07) is 3.99. The van der Waals surface area contributed by atoms with Crippen LogP contribution < -0.4 is 14.8 Å². The molecule has 5 heteroatoms. The molecule has 1 aromatic carbocycles. The molecule has 1 fully saturated rings. The number of nitrogens with one attached hydrogen (secondary N) is 1. The molecule has 0 radical (unpaired) electrons. The Morgan fingerprint density at radius 1 is 1.41 bits per heavy atom. The zero-order valence-corrected chi connectivity index (χ0v) is 11.1. The lowest BCUT2D eigenvalue weighted by Crippen LogP contribution is -2.28. The van der Waals surface area contributed by atoms with Gasteiger partial charge >= 0.3 is 0 Å². The summed E-state index contributed by atoms with van der Waals surface area (Å²) in [5, 5.41) is 5.10. The first-order valence-corrected chi connectivity index (χ1v) is 7.04. The van der Waals surface area contributed by atoms with Crippen LogP contribution >= 0.6 is 23.4 Å². The van der Waals surface area contributed by atoms with Crippen LogP contribution in [0, 0.1) is 0 Å². The van der Waals surface area contributed by atoms with Gasteiger partial charge in [0.25, 0.3) is 0 Å². The van der Waals surface area contributed by atoms with Crippen LogP contribution in [0.3, 0.4) is 0 Å². The van der Waals surface area contributed by atoms with E-state index in [2.05, 4.69) is 12.2 Å². The van der Waals surface area contributed by atoms with E-state index in [0.29, 0.717) is 21.4 Å². The number of fused-ring (bicyclic) bond motifs is 1. The molecule has 2 unspecified atom stereocenters. The van der Waals surface area contributed by atoms with E-state index in [9.17, 15) is 0 Å². The lowest BCUT2D eigenvalue weighted by molar-refractivity contribution is 0.174. The summed E-state index contributed by atoms with van der Waals surface area (Å²) in [4.78, 5) is 0. The zero-order valence-electron chi connectivity index (χ0n) is 9.53. The predicted molar refractivity (Wildman–Crippen MR) is 70.0 cm³/mol. The third-order valence-electron chi connectivity index (χ3n) is 3.00. The molecule has 92 valence electrons. The largest absolute Gasteiger partial charge is 0.454 e. The minimum Gasteiger partial charge on any atom is -0.454 e. The van der Waals surface area contributed by atoms with E-state index >= 15 is 0 Å². The van der Waals surface area contributed by atoms with Gasteiger partial charge in [-0.3, -0.25) is 0 Å². The van der Waals surface area contributed by atoms with E-state index in [1.807, 2.05) is 23.9 Å². The maximum absolute atomic E-state index is 6.19. The van der Waals surface area contributed by atoms with Gasteiger partial charge in [-0.25, -0.2) is 0 Å². The molecular weight excluding hydrogens is 258 g/mol. The Hall–Kier alpha value is -0.580. The minimum absolute atomic E-state index is 0.264. The SMILES string of the molecule is CC1CCNC(c2cc(Cl)c3c(c2)OCO3)S1. The summed E-state index contributed by atoms with van der Waals surface area (Å²) in [5.41, 5.74) is 1.16. The predicted octanol–water partition coefficient (Wildman–Crippen LogP) is 3.18. The molecule has 0 saturated carbocycles. The summed E-state index contributed by atoms with van der Waals surface area (Å²) in [7, 11) is 0. The first-order valence-electron chi connectivity index (χ1n) is 5.72. The number of ether oxygens (including phenoxy) is 2.